The smallest absolute Gasteiger partial charge is 0.108 e. The maximum atomic E-state index is 4.45. The standard InChI is InChI=1S/C21H20N4S/c1-5-7-16-13(2)11-22-12-19(16)25-14(3)21-18(24-15(25)4)10-20(26-21)17-8-6-9-23-17/h5-7,9-12,24H,3-4,8H2,1-2H3/b7-5-. The highest BCUT2D eigenvalue weighted by Crippen LogP contribution is 2.44. The van der Waals surface area contributed by atoms with Crippen LogP contribution < -0.4 is 10.2 Å². The fourth-order valence-corrected chi connectivity index (χ4v) is 4.33. The molecule has 0 unspecified atom stereocenters. The minimum atomic E-state index is 0.775. The van der Waals surface area contributed by atoms with Crippen LogP contribution in [-0.4, -0.2) is 10.7 Å². The van der Waals surface area contributed by atoms with E-state index in [1.807, 2.05) is 36.5 Å². The molecule has 26 heavy (non-hydrogen) atoms. The van der Waals surface area contributed by atoms with E-state index in [9.17, 15) is 0 Å². The van der Waals surface area contributed by atoms with Gasteiger partial charge in [-0.05, 0) is 25.5 Å². The van der Waals surface area contributed by atoms with Crippen LogP contribution >= 0.6 is 11.3 Å². The molecule has 0 atom stereocenters. The summed E-state index contributed by atoms with van der Waals surface area (Å²) in [6.07, 6.45) is 12.7. The van der Waals surface area contributed by atoms with Crippen molar-refractivity contribution in [3.8, 4) is 0 Å². The zero-order chi connectivity index (χ0) is 18.3. The van der Waals surface area contributed by atoms with Crippen LogP contribution in [0.2, 0.25) is 0 Å². The first kappa shape index (κ1) is 16.5. The number of aliphatic imine (C=N–C) groups is 1. The van der Waals surface area contributed by atoms with Gasteiger partial charge in [-0.15, -0.1) is 11.3 Å². The molecule has 0 amide bonds. The van der Waals surface area contributed by atoms with Crippen LogP contribution in [0.5, 0.6) is 0 Å². The molecule has 0 saturated heterocycles. The minimum Gasteiger partial charge on any atom is -0.341 e. The van der Waals surface area contributed by atoms with Crippen LogP contribution in [0.4, 0.5) is 11.4 Å². The SMILES string of the molecule is C=C1Nc2cc(C3=NC=CC3)sc2C(=C)N1c1cncc(C)c1/C=C\C. The molecule has 2 aliphatic rings. The first-order chi connectivity index (χ1) is 12.6. The molecule has 2 aromatic rings. The summed E-state index contributed by atoms with van der Waals surface area (Å²) >= 11 is 1.71. The van der Waals surface area contributed by atoms with E-state index < -0.39 is 0 Å². The second kappa shape index (κ2) is 6.42. The third-order valence-corrected chi connectivity index (χ3v) is 5.72. The van der Waals surface area contributed by atoms with E-state index in [2.05, 4.69) is 53.6 Å². The molecular formula is C21H20N4S. The fraction of sp³-hybridized carbons (Fsp3) is 0.143. The number of allylic oxidation sites excluding steroid dienone is 2. The lowest BCUT2D eigenvalue weighted by Gasteiger charge is -2.34. The number of hydrogen-bond donors (Lipinski definition) is 1. The van der Waals surface area contributed by atoms with Gasteiger partial charge in [-0.1, -0.05) is 31.4 Å². The van der Waals surface area contributed by atoms with Crippen LogP contribution in [0.25, 0.3) is 11.8 Å². The largest absolute Gasteiger partial charge is 0.341 e. The van der Waals surface area contributed by atoms with E-state index in [0.29, 0.717) is 0 Å². The van der Waals surface area contributed by atoms with Crippen LogP contribution in [0.3, 0.4) is 0 Å². The maximum absolute atomic E-state index is 4.45. The van der Waals surface area contributed by atoms with Crippen LogP contribution in [-0.2, 0) is 0 Å². The zero-order valence-corrected chi connectivity index (χ0v) is 15.7. The first-order valence-electron chi connectivity index (χ1n) is 8.48. The van der Waals surface area contributed by atoms with E-state index in [0.717, 1.165) is 51.0 Å². The lowest BCUT2D eigenvalue weighted by Crippen LogP contribution is -2.29. The second-order valence-electron chi connectivity index (χ2n) is 6.26. The lowest BCUT2D eigenvalue weighted by molar-refractivity contribution is 1.13. The maximum Gasteiger partial charge on any atom is 0.108 e. The Morgan fingerprint density at radius 1 is 1.31 bits per heavy atom. The summed E-state index contributed by atoms with van der Waals surface area (Å²) in [5, 5.41) is 3.43. The number of anilines is 2. The van der Waals surface area contributed by atoms with Crippen LogP contribution in [0, 0.1) is 6.92 Å². The molecule has 0 fully saturated rings. The monoisotopic (exact) mass is 360 g/mol. The van der Waals surface area contributed by atoms with E-state index in [1.165, 1.54) is 4.88 Å². The molecule has 0 bridgehead atoms. The minimum absolute atomic E-state index is 0.775. The molecule has 1 N–H and O–H groups in total. The highest BCUT2D eigenvalue weighted by molar-refractivity contribution is 7.16. The van der Waals surface area contributed by atoms with Gasteiger partial charge >= 0.3 is 0 Å². The van der Waals surface area contributed by atoms with E-state index in [1.54, 1.807) is 11.3 Å². The predicted molar refractivity (Wildman–Crippen MR) is 113 cm³/mol. The van der Waals surface area contributed by atoms with Crippen LogP contribution in [0.1, 0.15) is 34.2 Å². The van der Waals surface area contributed by atoms with Gasteiger partial charge in [0.25, 0.3) is 0 Å². The molecule has 0 spiro atoms. The highest BCUT2D eigenvalue weighted by atomic mass is 32.1. The number of fused-ring (bicyclic) bond motifs is 1. The molecule has 2 aliphatic heterocycles. The van der Waals surface area contributed by atoms with Gasteiger partial charge < -0.3 is 5.32 Å². The van der Waals surface area contributed by atoms with Crippen molar-refractivity contribution in [3.63, 3.8) is 0 Å². The van der Waals surface area contributed by atoms with E-state index in [-0.39, 0.29) is 0 Å². The lowest BCUT2D eigenvalue weighted by atomic mass is 10.1. The Kier molecular flexibility index (Phi) is 4.09. The zero-order valence-electron chi connectivity index (χ0n) is 14.9. The number of rotatable bonds is 3. The van der Waals surface area contributed by atoms with Crippen molar-refractivity contribution in [2.45, 2.75) is 20.3 Å². The summed E-state index contributed by atoms with van der Waals surface area (Å²) in [6.45, 7) is 12.7. The van der Waals surface area contributed by atoms with E-state index >= 15 is 0 Å². The fourth-order valence-electron chi connectivity index (χ4n) is 3.25. The van der Waals surface area contributed by atoms with Gasteiger partial charge in [0.1, 0.15) is 5.82 Å². The summed E-state index contributed by atoms with van der Waals surface area (Å²) in [6, 6.07) is 2.14. The Morgan fingerprint density at radius 3 is 2.88 bits per heavy atom. The molecule has 130 valence electrons. The molecule has 0 radical (unpaired) electrons. The predicted octanol–water partition coefficient (Wildman–Crippen LogP) is 5.57. The Morgan fingerprint density at radius 2 is 2.15 bits per heavy atom. The average molecular weight is 360 g/mol. The number of nitrogens with zero attached hydrogens (tertiary/aromatic N) is 3. The molecule has 0 saturated carbocycles. The summed E-state index contributed by atoms with van der Waals surface area (Å²) in [5.74, 6) is 0.775. The number of aromatic nitrogens is 1. The Bertz CT molecular complexity index is 1010. The second-order valence-corrected chi connectivity index (χ2v) is 7.31. The molecule has 5 heteroatoms. The van der Waals surface area contributed by atoms with Crippen molar-refractivity contribution in [3.05, 3.63) is 76.7 Å². The Labute approximate surface area is 157 Å². The molecule has 2 aromatic heterocycles. The number of pyridine rings is 1. The molecule has 0 aromatic carbocycles. The van der Waals surface area contributed by atoms with Gasteiger partial charge in [-0.25, -0.2) is 0 Å². The van der Waals surface area contributed by atoms with Crippen molar-refractivity contribution >= 4 is 40.2 Å². The molecular weight excluding hydrogens is 340 g/mol. The average Bonchev–Trinajstić information content (AvgIpc) is 3.27. The third-order valence-electron chi connectivity index (χ3n) is 4.48. The summed E-state index contributed by atoms with van der Waals surface area (Å²) in [4.78, 5) is 13.2. The third kappa shape index (κ3) is 2.61. The first-order valence-corrected chi connectivity index (χ1v) is 9.30. The summed E-state index contributed by atoms with van der Waals surface area (Å²) in [5.41, 5.74) is 6.26. The van der Waals surface area contributed by atoms with Gasteiger partial charge in [0, 0.05) is 24.4 Å². The highest BCUT2D eigenvalue weighted by Gasteiger charge is 2.28. The molecule has 4 heterocycles. The number of aryl methyl sites for hydroxylation is 1. The molecule has 0 aliphatic carbocycles. The Hall–Kier alpha value is -2.92. The number of thiophene rings is 1. The van der Waals surface area contributed by atoms with E-state index in [4.69, 9.17) is 0 Å². The van der Waals surface area contributed by atoms with Gasteiger partial charge in [-0.3, -0.25) is 14.9 Å². The molecule has 4 rings (SSSR count). The number of nitrogens with one attached hydrogen (secondary N) is 1. The van der Waals surface area contributed by atoms with Crippen molar-refractivity contribution < 1.29 is 0 Å². The van der Waals surface area contributed by atoms with Gasteiger partial charge in [-0.2, -0.15) is 0 Å². The normalized spacial score (nSPS) is 16.2. The van der Waals surface area contributed by atoms with Gasteiger partial charge in [0.2, 0.25) is 0 Å². The van der Waals surface area contributed by atoms with Crippen molar-refractivity contribution in [2.24, 2.45) is 4.99 Å². The Balaban J connectivity index is 1.78. The van der Waals surface area contributed by atoms with Crippen LogP contribution in [0.15, 0.2) is 60.8 Å². The quantitative estimate of drug-likeness (QED) is 0.778. The van der Waals surface area contributed by atoms with Gasteiger partial charge in [0.15, 0.2) is 0 Å². The summed E-state index contributed by atoms with van der Waals surface area (Å²) < 4.78 is 0. The van der Waals surface area contributed by atoms with Crippen molar-refractivity contribution in [2.75, 3.05) is 10.2 Å². The van der Waals surface area contributed by atoms with Crippen molar-refractivity contribution in [1.29, 1.82) is 0 Å². The van der Waals surface area contributed by atoms with Gasteiger partial charge in [0.05, 0.1) is 38.7 Å². The summed E-state index contributed by atoms with van der Waals surface area (Å²) in [7, 11) is 0. The molecule has 4 nitrogen and oxygen atoms in total. The van der Waals surface area contributed by atoms with Crippen molar-refractivity contribution in [1.82, 2.24) is 4.98 Å². The number of hydrogen-bond acceptors (Lipinski definition) is 5. The topological polar surface area (TPSA) is 40.5 Å².